The molecule has 1 aliphatic heterocycles. The number of furan rings is 1. The summed E-state index contributed by atoms with van der Waals surface area (Å²) in [5.74, 6) is 1.72. The van der Waals surface area contributed by atoms with Gasteiger partial charge in [-0.1, -0.05) is 56.3 Å². The van der Waals surface area contributed by atoms with E-state index in [1.165, 1.54) is 0 Å². The molecule has 3 aromatic carbocycles. The first kappa shape index (κ1) is 22.9. The molecule has 1 aliphatic rings. The maximum Gasteiger partial charge on any atom is 0.228 e. The Morgan fingerprint density at radius 1 is 1.03 bits per heavy atom. The summed E-state index contributed by atoms with van der Waals surface area (Å²) in [6.07, 6.45) is 4.41. The number of hydrogen-bond donors (Lipinski definition) is 0. The van der Waals surface area contributed by atoms with Crippen molar-refractivity contribution in [2.24, 2.45) is 0 Å². The Labute approximate surface area is 205 Å². The van der Waals surface area contributed by atoms with Gasteiger partial charge in [0, 0.05) is 22.6 Å². The summed E-state index contributed by atoms with van der Waals surface area (Å²) in [5, 5.41) is 0.895. The Bertz CT molecular complexity index is 1370. The third kappa shape index (κ3) is 4.47. The summed E-state index contributed by atoms with van der Waals surface area (Å²) >= 11 is 0. The van der Waals surface area contributed by atoms with Crippen molar-refractivity contribution in [1.82, 2.24) is 4.90 Å². The first-order chi connectivity index (χ1) is 17.1. The van der Waals surface area contributed by atoms with Crippen molar-refractivity contribution in [3.63, 3.8) is 0 Å². The van der Waals surface area contributed by atoms with Gasteiger partial charge in [-0.2, -0.15) is 0 Å². The molecule has 0 aliphatic carbocycles. The molecule has 0 N–H and O–H groups in total. The summed E-state index contributed by atoms with van der Waals surface area (Å²) < 4.78 is 18.0. The van der Waals surface area contributed by atoms with Crippen LogP contribution in [0.5, 0.6) is 11.5 Å². The number of benzene rings is 3. The molecule has 0 bridgehead atoms. The molecule has 35 heavy (non-hydrogen) atoms. The second-order valence-corrected chi connectivity index (χ2v) is 8.61. The maximum atomic E-state index is 13.5. The third-order valence-corrected chi connectivity index (χ3v) is 6.52. The normalized spacial score (nSPS) is 13.5. The van der Waals surface area contributed by atoms with Gasteiger partial charge in [0.2, 0.25) is 5.78 Å². The minimum atomic E-state index is -0.149. The van der Waals surface area contributed by atoms with Crippen LogP contribution in [0.4, 0.5) is 0 Å². The molecular formula is C30H29NO4. The van der Waals surface area contributed by atoms with E-state index < -0.39 is 0 Å². The van der Waals surface area contributed by atoms with E-state index in [1.54, 1.807) is 6.26 Å². The van der Waals surface area contributed by atoms with Crippen molar-refractivity contribution in [1.29, 1.82) is 0 Å². The van der Waals surface area contributed by atoms with Crippen molar-refractivity contribution >= 4 is 16.8 Å². The molecule has 178 valence electrons. The average Bonchev–Trinajstić information content (AvgIpc) is 3.26. The lowest BCUT2D eigenvalue weighted by Crippen LogP contribution is -2.36. The van der Waals surface area contributed by atoms with Crippen LogP contribution in [0.15, 0.2) is 83.5 Å². The van der Waals surface area contributed by atoms with Crippen LogP contribution in [-0.2, 0) is 6.42 Å². The molecule has 0 saturated heterocycles. The lowest BCUT2D eigenvalue weighted by molar-refractivity contribution is 0.0481. The minimum Gasteiger partial charge on any atom is -0.475 e. The number of allylic oxidation sites excluding steroid dienone is 1. The second kappa shape index (κ2) is 9.80. The summed E-state index contributed by atoms with van der Waals surface area (Å²) in [6.45, 7) is 8.15. The topological polar surface area (TPSA) is 51.9 Å². The molecule has 0 fully saturated rings. The van der Waals surface area contributed by atoms with E-state index in [1.807, 2.05) is 66.7 Å². The molecule has 1 unspecified atom stereocenters. The zero-order valence-electron chi connectivity index (χ0n) is 20.3. The van der Waals surface area contributed by atoms with E-state index >= 15 is 0 Å². The van der Waals surface area contributed by atoms with Gasteiger partial charge < -0.3 is 13.9 Å². The summed E-state index contributed by atoms with van der Waals surface area (Å²) in [4.78, 5) is 15.8. The van der Waals surface area contributed by atoms with E-state index in [-0.39, 0.29) is 12.0 Å². The second-order valence-electron chi connectivity index (χ2n) is 8.61. The molecule has 2 heterocycles. The molecule has 0 saturated carbocycles. The average molecular weight is 468 g/mol. The van der Waals surface area contributed by atoms with Gasteiger partial charge in [0.25, 0.3) is 0 Å². The molecule has 0 spiro atoms. The smallest absolute Gasteiger partial charge is 0.228 e. The molecule has 0 radical (unpaired) electrons. The fourth-order valence-corrected chi connectivity index (χ4v) is 4.61. The third-order valence-electron chi connectivity index (χ3n) is 6.52. The van der Waals surface area contributed by atoms with Gasteiger partial charge in [0.05, 0.1) is 6.26 Å². The number of nitrogens with zero attached hydrogens (tertiary/aromatic N) is 1. The van der Waals surface area contributed by atoms with Crippen molar-refractivity contribution < 1.29 is 18.7 Å². The fraction of sp³-hybridized carbons (Fsp3) is 0.233. The van der Waals surface area contributed by atoms with Gasteiger partial charge in [-0.25, -0.2) is 0 Å². The van der Waals surface area contributed by atoms with Gasteiger partial charge in [-0.15, -0.1) is 0 Å². The van der Waals surface area contributed by atoms with Crippen LogP contribution in [0.2, 0.25) is 0 Å². The Morgan fingerprint density at radius 2 is 1.77 bits per heavy atom. The monoisotopic (exact) mass is 467 g/mol. The SMILES string of the molecule is CCN(CC)C(C)Oc1ccc(-c2c(C(=O)c3ccccc3)oc3cc4c(cc23)CC=CO4)cc1. The van der Waals surface area contributed by atoms with E-state index in [2.05, 4.69) is 31.7 Å². The van der Waals surface area contributed by atoms with E-state index in [0.717, 1.165) is 53.1 Å². The van der Waals surface area contributed by atoms with E-state index in [9.17, 15) is 4.79 Å². The predicted molar refractivity (Wildman–Crippen MR) is 138 cm³/mol. The Morgan fingerprint density at radius 3 is 2.49 bits per heavy atom. The van der Waals surface area contributed by atoms with Crippen LogP contribution in [0.25, 0.3) is 22.1 Å². The van der Waals surface area contributed by atoms with Crippen molar-refractivity contribution in [3.8, 4) is 22.6 Å². The molecule has 0 amide bonds. The molecule has 5 heteroatoms. The Hall–Kier alpha value is -3.83. The summed E-state index contributed by atoms with van der Waals surface area (Å²) in [7, 11) is 0. The van der Waals surface area contributed by atoms with Crippen LogP contribution in [-0.4, -0.2) is 30.0 Å². The van der Waals surface area contributed by atoms with Crippen molar-refractivity contribution in [2.45, 2.75) is 33.4 Å². The van der Waals surface area contributed by atoms with Gasteiger partial charge in [-0.05, 0) is 61.8 Å². The Kier molecular flexibility index (Phi) is 6.43. The summed E-state index contributed by atoms with van der Waals surface area (Å²) in [5.41, 5.74) is 3.97. The van der Waals surface area contributed by atoms with Crippen molar-refractivity contribution in [3.05, 3.63) is 96.0 Å². The standard InChI is InChI=1S/C30H29NO4/c1-4-31(5-2)20(3)34-24-15-13-21(14-16-24)28-25-18-23-12-9-17-33-26(23)19-27(25)35-30(28)29(32)22-10-7-6-8-11-22/h6-11,13-20H,4-5,12H2,1-3H3. The number of fused-ring (bicyclic) bond motifs is 2. The predicted octanol–water partition coefficient (Wildman–Crippen LogP) is 6.85. The number of ketones is 1. The number of carbonyl (C=O) groups excluding carboxylic acids is 1. The number of rotatable bonds is 8. The highest BCUT2D eigenvalue weighted by molar-refractivity contribution is 6.15. The Balaban J connectivity index is 1.58. The largest absolute Gasteiger partial charge is 0.475 e. The molecule has 5 nitrogen and oxygen atoms in total. The number of carbonyl (C=O) groups is 1. The highest BCUT2D eigenvalue weighted by Crippen LogP contribution is 2.40. The highest BCUT2D eigenvalue weighted by atomic mass is 16.5. The summed E-state index contributed by atoms with van der Waals surface area (Å²) in [6, 6.07) is 21.1. The van der Waals surface area contributed by atoms with Gasteiger partial charge in [0.15, 0.2) is 5.76 Å². The van der Waals surface area contributed by atoms with Crippen LogP contribution in [0, 0.1) is 0 Å². The molecule has 1 aromatic heterocycles. The maximum absolute atomic E-state index is 13.5. The zero-order chi connectivity index (χ0) is 24.4. The number of hydrogen-bond acceptors (Lipinski definition) is 5. The van der Waals surface area contributed by atoms with E-state index in [4.69, 9.17) is 13.9 Å². The fourth-order valence-electron chi connectivity index (χ4n) is 4.61. The minimum absolute atomic E-state index is 0.0274. The van der Waals surface area contributed by atoms with Crippen LogP contribution < -0.4 is 9.47 Å². The lowest BCUT2D eigenvalue weighted by atomic mass is 9.96. The van der Waals surface area contributed by atoms with Crippen LogP contribution in [0.3, 0.4) is 0 Å². The molecule has 4 aromatic rings. The quantitative estimate of drug-likeness (QED) is 0.210. The zero-order valence-corrected chi connectivity index (χ0v) is 20.3. The van der Waals surface area contributed by atoms with Gasteiger partial charge >= 0.3 is 0 Å². The van der Waals surface area contributed by atoms with Crippen LogP contribution >= 0.6 is 0 Å². The number of ether oxygens (including phenoxy) is 2. The van der Waals surface area contributed by atoms with Crippen LogP contribution in [0.1, 0.15) is 42.5 Å². The van der Waals surface area contributed by atoms with E-state index in [0.29, 0.717) is 16.9 Å². The van der Waals surface area contributed by atoms with Crippen molar-refractivity contribution in [2.75, 3.05) is 13.1 Å². The molecule has 1 atom stereocenters. The first-order valence-corrected chi connectivity index (χ1v) is 12.1. The molecular weight excluding hydrogens is 438 g/mol. The van der Waals surface area contributed by atoms with Gasteiger partial charge in [0.1, 0.15) is 23.3 Å². The van der Waals surface area contributed by atoms with Gasteiger partial charge in [-0.3, -0.25) is 9.69 Å². The molecule has 5 rings (SSSR count). The first-order valence-electron chi connectivity index (χ1n) is 12.1. The lowest BCUT2D eigenvalue weighted by Gasteiger charge is -2.26. The highest BCUT2D eigenvalue weighted by Gasteiger charge is 2.25.